The average Bonchev–Trinajstić information content (AvgIpc) is 3.15. The Morgan fingerprint density at radius 2 is 1.86 bits per heavy atom. The van der Waals surface area contributed by atoms with Crippen LogP contribution in [0.25, 0.3) is 11.0 Å². The summed E-state index contributed by atoms with van der Waals surface area (Å²) in [5.41, 5.74) is 7.72. The van der Waals surface area contributed by atoms with Crippen LogP contribution in [0.3, 0.4) is 0 Å². The molecule has 114 valence electrons. The van der Waals surface area contributed by atoms with Crippen LogP contribution in [0.15, 0.2) is 34.7 Å². The van der Waals surface area contributed by atoms with Gasteiger partial charge in [-0.05, 0) is 38.1 Å². The van der Waals surface area contributed by atoms with Crippen molar-refractivity contribution in [2.45, 2.75) is 51.1 Å². The van der Waals surface area contributed by atoms with Crippen LogP contribution in [0.5, 0.6) is 0 Å². The molecule has 0 bridgehead atoms. The van der Waals surface area contributed by atoms with Gasteiger partial charge in [0.2, 0.25) is 0 Å². The van der Waals surface area contributed by atoms with Gasteiger partial charge in [-0.25, -0.2) is 0 Å². The lowest BCUT2D eigenvalue weighted by Gasteiger charge is -2.44. The topological polar surface area (TPSA) is 42.4 Å². The van der Waals surface area contributed by atoms with Gasteiger partial charge in [0.25, 0.3) is 0 Å². The molecule has 1 aliphatic carbocycles. The van der Waals surface area contributed by atoms with Gasteiger partial charge in [-0.3, -0.25) is 4.90 Å². The molecule has 1 fully saturated rings. The lowest BCUT2D eigenvalue weighted by molar-refractivity contribution is 0.0701. The van der Waals surface area contributed by atoms with E-state index >= 15 is 0 Å². The molecular formula is C18H26N2O. The average molecular weight is 286 g/mol. The van der Waals surface area contributed by atoms with Gasteiger partial charge in [-0.1, -0.05) is 44.9 Å². The summed E-state index contributed by atoms with van der Waals surface area (Å²) in [6.07, 6.45) is 4.88. The van der Waals surface area contributed by atoms with Gasteiger partial charge in [0.1, 0.15) is 11.3 Å². The Kier molecular flexibility index (Phi) is 4.05. The number of hydrogen-bond acceptors (Lipinski definition) is 3. The summed E-state index contributed by atoms with van der Waals surface area (Å²) in [5, 5.41) is 1.15. The molecule has 1 unspecified atom stereocenters. The smallest absolute Gasteiger partial charge is 0.134 e. The summed E-state index contributed by atoms with van der Waals surface area (Å²) in [6, 6.07) is 10.2. The van der Waals surface area contributed by atoms with Crippen LogP contribution < -0.4 is 5.73 Å². The maximum atomic E-state index is 6.72. The van der Waals surface area contributed by atoms with Gasteiger partial charge in [0.05, 0.1) is 6.04 Å². The SMILES string of the molecule is CCN(CC)C1(C(N)c2cc3ccccc3o2)CCCC1. The van der Waals surface area contributed by atoms with Crippen molar-refractivity contribution in [3.63, 3.8) is 0 Å². The Balaban J connectivity index is 1.98. The van der Waals surface area contributed by atoms with Crippen molar-refractivity contribution < 1.29 is 4.42 Å². The number of benzene rings is 1. The number of nitrogens with zero attached hydrogens (tertiary/aromatic N) is 1. The molecule has 1 saturated carbocycles. The van der Waals surface area contributed by atoms with E-state index in [1.165, 1.54) is 25.7 Å². The summed E-state index contributed by atoms with van der Waals surface area (Å²) < 4.78 is 6.05. The molecule has 0 radical (unpaired) electrons. The minimum absolute atomic E-state index is 0.0488. The molecule has 21 heavy (non-hydrogen) atoms. The maximum absolute atomic E-state index is 6.72. The number of furan rings is 1. The Hall–Kier alpha value is -1.32. The summed E-state index contributed by atoms with van der Waals surface area (Å²) in [4.78, 5) is 2.54. The first-order valence-electron chi connectivity index (χ1n) is 8.20. The number of hydrogen-bond donors (Lipinski definition) is 1. The van der Waals surface area contributed by atoms with Crippen molar-refractivity contribution in [3.05, 3.63) is 36.1 Å². The van der Waals surface area contributed by atoms with Crippen LogP contribution in [0.2, 0.25) is 0 Å². The molecular weight excluding hydrogens is 260 g/mol. The number of fused-ring (bicyclic) bond motifs is 1. The summed E-state index contributed by atoms with van der Waals surface area (Å²) in [7, 11) is 0. The van der Waals surface area contributed by atoms with E-state index in [0.29, 0.717) is 0 Å². The van der Waals surface area contributed by atoms with E-state index in [1.807, 2.05) is 18.2 Å². The third-order valence-electron chi connectivity index (χ3n) is 5.19. The van der Waals surface area contributed by atoms with E-state index in [0.717, 1.165) is 29.8 Å². The van der Waals surface area contributed by atoms with E-state index < -0.39 is 0 Å². The molecule has 0 aliphatic heterocycles. The van der Waals surface area contributed by atoms with Crippen molar-refractivity contribution in [1.29, 1.82) is 0 Å². The molecule has 1 aliphatic rings. The van der Waals surface area contributed by atoms with Crippen molar-refractivity contribution >= 4 is 11.0 Å². The molecule has 3 rings (SSSR count). The van der Waals surface area contributed by atoms with Gasteiger partial charge in [-0.15, -0.1) is 0 Å². The number of nitrogens with two attached hydrogens (primary N) is 1. The predicted molar refractivity (Wildman–Crippen MR) is 87.3 cm³/mol. The van der Waals surface area contributed by atoms with E-state index in [1.54, 1.807) is 0 Å². The molecule has 1 heterocycles. The number of para-hydroxylation sites is 1. The third-order valence-corrected chi connectivity index (χ3v) is 5.19. The van der Waals surface area contributed by atoms with Crippen molar-refractivity contribution in [2.24, 2.45) is 5.73 Å². The molecule has 0 amide bonds. The lowest BCUT2D eigenvalue weighted by Crippen LogP contribution is -2.53. The normalized spacial score (nSPS) is 19.4. The Bertz CT molecular complexity index is 561. The van der Waals surface area contributed by atoms with Gasteiger partial charge >= 0.3 is 0 Å². The zero-order valence-electron chi connectivity index (χ0n) is 13.1. The minimum Gasteiger partial charge on any atom is -0.459 e. The number of rotatable bonds is 5. The first-order valence-corrected chi connectivity index (χ1v) is 8.20. The highest BCUT2D eigenvalue weighted by molar-refractivity contribution is 5.77. The second-order valence-electron chi connectivity index (χ2n) is 6.15. The van der Waals surface area contributed by atoms with Gasteiger partial charge < -0.3 is 10.2 Å². The highest BCUT2D eigenvalue weighted by atomic mass is 16.3. The molecule has 0 spiro atoms. The minimum atomic E-state index is -0.0488. The molecule has 3 heteroatoms. The predicted octanol–water partition coefficient (Wildman–Crippen LogP) is 4.09. The van der Waals surface area contributed by atoms with Gasteiger partial charge in [-0.2, -0.15) is 0 Å². The second-order valence-corrected chi connectivity index (χ2v) is 6.15. The lowest BCUT2D eigenvalue weighted by atomic mass is 9.85. The second kappa shape index (κ2) is 5.82. The fourth-order valence-corrected chi connectivity index (χ4v) is 4.09. The van der Waals surface area contributed by atoms with E-state index in [-0.39, 0.29) is 11.6 Å². The highest BCUT2D eigenvalue weighted by Gasteiger charge is 2.45. The van der Waals surface area contributed by atoms with Gasteiger partial charge in [0, 0.05) is 10.9 Å². The van der Waals surface area contributed by atoms with Crippen molar-refractivity contribution in [1.82, 2.24) is 4.90 Å². The van der Waals surface area contributed by atoms with E-state index in [9.17, 15) is 0 Å². The first kappa shape index (κ1) is 14.6. The van der Waals surface area contributed by atoms with Crippen LogP contribution >= 0.6 is 0 Å². The highest BCUT2D eigenvalue weighted by Crippen LogP contribution is 2.44. The molecule has 2 N–H and O–H groups in total. The molecule has 1 aromatic heterocycles. The van der Waals surface area contributed by atoms with Crippen molar-refractivity contribution in [3.8, 4) is 0 Å². The molecule has 0 saturated heterocycles. The Morgan fingerprint density at radius 1 is 1.19 bits per heavy atom. The molecule has 1 aromatic carbocycles. The van der Waals surface area contributed by atoms with E-state index in [2.05, 4.69) is 30.9 Å². The van der Waals surface area contributed by atoms with E-state index in [4.69, 9.17) is 10.2 Å². The largest absolute Gasteiger partial charge is 0.459 e. The summed E-state index contributed by atoms with van der Waals surface area (Å²) >= 11 is 0. The summed E-state index contributed by atoms with van der Waals surface area (Å²) in [5.74, 6) is 0.935. The van der Waals surface area contributed by atoms with Crippen LogP contribution in [0, 0.1) is 0 Å². The standard InChI is InChI=1S/C18H26N2O/c1-3-20(4-2)18(11-7-8-12-18)17(19)16-13-14-9-5-6-10-15(14)21-16/h5-6,9-10,13,17H,3-4,7-8,11-12,19H2,1-2H3. The third kappa shape index (κ3) is 2.39. The fraction of sp³-hybridized carbons (Fsp3) is 0.556. The molecule has 1 atom stereocenters. The number of likely N-dealkylation sites (N-methyl/N-ethyl adjacent to an activating group) is 1. The van der Waals surface area contributed by atoms with Crippen LogP contribution in [0.1, 0.15) is 51.3 Å². The van der Waals surface area contributed by atoms with Crippen LogP contribution in [-0.2, 0) is 0 Å². The quantitative estimate of drug-likeness (QED) is 0.900. The van der Waals surface area contributed by atoms with Crippen LogP contribution in [0.4, 0.5) is 0 Å². The fourth-order valence-electron chi connectivity index (χ4n) is 4.09. The zero-order valence-corrected chi connectivity index (χ0v) is 13.1. The monoisotopic (exact) mass is 286 g/mol. The summed E-state index contributed by atoms with van der Waals surface area (Å²) in [6.45, 7) is 6.55. The van der Waals surface area contributed by atoms with Crippen molar-refractivity contribution in [2.75, 3.05) is 13.1 Å². The Morgan fingerprint density at radius 3 is 2.48 bits per heavy atom. The Labute approximate surface area is 127 Å². The molecule has 3 nitrogen and oxygen atoms in total. The zero-order chi connectivity index (χ0) is 14.9. The molecule has 2 aromatic rings. The maximum Gasteiger partial charge on any atom is 0.134 e. The first-order chi connectivity index (χ1) is 10.2. The van der Waals surface area contributed by atoms with Gasteiger partial charge in [0.15, 0.2) is 0 Å². The van der Waals surface area contributed by atoms with Crippen LogP contribution in [-0.4, -0.2) is 23.5 Å².